The van der Waals surface area contributed by atoms with Crippen LogP contribution in [0.4, 0.5) is 0 Å². The van der Waals surface area contributed by atoms with E-state index in [0.29, 0.717) is 5.88 Å². The monoisotopic (exact) mass is 296 g/mol. The molecule has 3 rings (SSSR count). The summed E-state index contributed by atoms with van der Waals surface area (Å²) in [6, 6.07) is 9.74. The maximum atomic E-state index is 11.4. The van der Waals surface area contributed by atoms with Gasteiger partial charge in [0, 0.05) is 5.56 Å². The van der Waals surface area contributed by atoms with E-state index in [1.165, 1.54) is 11.8 Å². The lowest BCUT2D eigenvalue weighted by molar-refractivity contribution is 0.546. The fraction of sp³-hybridized carbons (Fsp3) is 0.182. The first-order valence-electron chi connectivity index (χ1n) is 5.56. The van der Waals surface area contributed by atoms with Gasteiger partial charge in [-0.1, -0.05) is 42.1 Å². The van der Waals surface area contributed by atoms with E-state index >= 15 is 0 Å². The summed E-state index contributed by atoms with van der Waals surface area (Å²) >= 11 is 1.48. The maximum Gasteiger partial charge on any atom is 0.226 e. The second kappa shape index (κ2) is 4.55. The van der Waals surface area contributed by atoms with Crippen LogP contribution in [0.2, 0.25) is 0 Å². The van der Waals surface area contributed by atoms with Crippen molar-refractivity contribution < 1.29 is 8.42 Å². The molecule has 0 saturated carbocycles. The molecular formula is C11H12N4O2S2. The third-order valence-electron chi connectivity index (χ3n) is 2.60. The molecule has 2 heterocycles. The van der Waals surface area contributed by atoms with Gasteiger partial charge in [0.15, 0.2) is 5.16 Å². The van der Waals surface area contributed by atoms with Crippen molar-refractivity contribution in [1.29, 1.82) is 0 Å². The summed E-state index contributed by atoms with van der Waals surface area (Å²) in [6.07, 6.45) is 2.88. The topological polar surface area (TPSA) is 67.2 Å². The molecular weight excluding hydrogens is 284 g/mol. The number of hydrogen-bond donors (Lipinski definition) is 1. The molecule has 8 heteroatoms. The lowest BCUT2D eigenvalue weighted by Gasteiger charge is -2.20. The van der Waals surface area contributed by atoms with Crippen LogP contribution in [0.25, 0.3) is 11.3 Å². The first-order chi connectivity index (χ1) is 9.04. The highest BCUT2D eigenvalue weighted by atomic mass is 32.2. The SMILES string of the molecule is CS(=O)(=O)NN1CSc2ncc(-c3ccccc3)n21. The number of nitrogens with zero attached hydrogens (tertiary/aromatic N) is 3. The molecule has 0 unspecified atom stereocenters. The van der Waals surface area contributed by atoms with Crippen LogP contribution in [0.15, 0.2) is 41.7 Å². The summed E-state index contributed by atoms with van der Waals surface area (Å²) in [6.45, 7) is 0. The Morgan fingerprint density at radius 2 is 2.05 bits per heavy atom. The summed E-state index contributed by atoms with van der Waals surface area (Å²) in [5.74, 6) is 0.496. The predicted octanol–water partition coefficient (Wildman–Crippen LogP) is 1.02. The van der Waals surface area contributed by atoms with Crippen LogP contribution in [-0.4, -0.2) is 30.2 Å². The van der Waals surface area contributed by atoms with Gasteiger partial charge in [0.1, 0.15) is 5.88 Å². The van der Waals surface area contributed by atoms with Gasteiger partial charge < -0.3 is 0 Å². The zero-order valence-electron chi connectivity index (χ0n) is 10.1. The van der Waals surface area contributed by atoms with Gasteiger partial charge in [-0.25, -0.2) is 23.2 Å². The molecule has 0 bridgehead atoms. The fourth-order valence-corrected chi connectivity index (χ4v) is 3.38. The smallest absolute Gasteiger partial charge is 0.226 e. The van der Waals surface area contributed by atoms with Gasteiger partial charge in [0.25, 0.3) is 0 Å². The largest absolute Gasteiger partial charge is 0.229 e. The summed E-state index contributed by atoms with van der Waals surface area (Å²) in [7, 11) is -3.31. The minimum Gasteiger partial charge on any atom is -0.229 e. The zero-order chi connectivity index (χ0) is 13.5. The lowest BCUT2D eigenvalue weighted by Crippen LogP contribution is -2.46. The Bertz CT molecular complexity index is 697. The van der Waals surface area contributed by atoms with Crippen molar-refractivity contribution in [2.45, 2.75) is 5.16 Å². The van der Waals surface area contributed by atoms with Gasteiger partial charge in [-0.3, -0.25) is 0 Å². The lowest BCUT2D eigenvalue weighted by atomic mass is 10.2. The fourth-order valence-electron chi connectivity index (χ4n) is 1.90. The average Bonchev–Trinajstić information content (AvgIpc) is 2.92. The van der Waals surface area contributed by atoms with E-state index in [4.69, 9.17) is 0 Å². The first kappa shape index (κ1) is 12.5. The van der Waals surface area contributed by atoms with E-state index in [2.05, 4.69) is 9.82 Å². The Morgan fingerprint density at radius 1 is 1.32 bits per heavy atom. The molecule has 0 spiro atoms. The Morgan fingerprint density at radius 3 is 2.74 bits per heavy atom. The van der Waals surface area contributed by atoms with Crippen LogP contribution >= 0.6 is 11.8 Å². The molecule has 0 saturated heterocycles. The number of fused-ring (bicyclic) bond motifs is 1. The molecule has 0 amide bonds. The summed E-state index contributed by atoms with van der Waals surface area (Å²) in [4.78, 5) is 6.78. The van der Waals surface area contributed by atoms with E-state index in [1.807, 2.05) is 30.3 Å². The van der Waals surface area contributed by atoms with Crippen LogP contribution in [0.1, 0.15) is 0 Å². The second-order valence-corrected chi connectivity index (χ2v) is 6.78. The Labute approximate surface area is 115 Å². The highest BCUT2D eigenvalue weighted by Gasteiger charge is 2.26. The van der Waals surface area contributed by atoms with Crippen molar-refractivity contribution in [2.24, 2.45) is 0 Å². The summed E-state index contributed by atoms with van der Waals surface area (Å²) in [5, 5.41) is 2.32. The highest BCUT2D eigenvalue weighted by Crippen LogP contribution is 2.30. The Hall–Kier alpha value is -1.51. The van der Waals surface area contributed by atoms with Gasteiger partial charge in [-0.05, 0) is 0 Å². The van der Waals surface area contributed by atoms with E-state index < -0.39 is 10.0 Å². The molecule has 100 valence electrons. The molecule has 1 N–H and O–H groups in total. The number of aromatic nitrogens is 2. The molecule has 0 aliphatic carbocycles. The van der Waals surface area contributed by atoms with Gasteiger partial charge in [-0.2, -0.15) is 0 Å². The number of benzene rings is 1. The highest BCUT2D eigenvalue weighted by molar-refractivity contribution is 7.99. The number of rotatable bonds is 3. The van der Waals surface area contributed by atoms with E-state index in [0.717, 1.165) is 22.7 Å². The number of hydrogen-bond acceptors (Lipinski definition) is 5. The third-order valence-corrected chi connectivity index (χ3v) is 4.06. The molecule has 0 atom stereocenters. The van der Waals surface area contributed by atoms with E-state index in [-0.39, 0.29) is 0 Å². The summed E-state index contributed by atoms with van der Waals surface area (Å²) < 4.78 is 24.5. The van der Waals surface area contributed by atoms with Crippen molar-refractivity contribution in [3.8, 4) is 11.3 Å². The Kier molecular flexibility index (Phi) is 3.00. The number of hydrazine groups is 1. The molecule has 2 aromatic rings. The van der Waals surface area contributed by atoms with Crippen LogP contribution < -0.4 is 9.95 Å². The van der Waals surface area contributed by atoms with E-state index in [1.54, 1.807) is 16.0 Å². The predicted molar refractivity (Wildman–Crippen MR) is 74.6 cm³/mol. The van der Waals surface area contributed by atoms with Crippen LogP contribution in [0.5, 0.6) is 0 Å². The number of nitrogens with one attached hydrogen (secondary N) is 1. The molecule has 1 aromatic carbocycles. The third kappa shape index (κ3) is 2.46. The molecule has 1 aromatic heterocycles. The van der Waals surface area contributed by atoms with Crippen LogP contribution in [-0.2, 0) is 10.0 Å². The van der Waals surface area contributed by atoms with Crippen molar-refractivity contribution in [3.63, 3.8) is 0 Å². The van der Waals surface area contributed by atoms with Gasteiger partial charge >= 0.3 is 0 Å². The quantitative estimate of drug-likeness (QED) is 0.916. The van der Waals surface area contributed by atoms with Crippen molar-refractivity contribution >= 4 is 21.8 Å². The Balaban J connectivity index is 2.03. The van der Waals surface area contributed by atoms with Gasteiger partial charge in [0.05, 0.1) is 18.1 Å². The maximum absolute atomic E-state index is 11.4. The van der Waals surface area contributed by atoms with Gasteiger partial charge in [0.2, 0.25) is 10.0 Å². The normalized spacial score (nSPS) is 14.7. The number of thioether (sulfide) groups is 1. The second-order valence-electron chi connectivity index (χ2n) is 4.14. The molecule has 19 heavy (non-hydrogen) atoms. The van der Waals surface area contributed by atoms with Crippen molar-refractivity contribution in [2.75, 3.05) is 17.3 Å². The average molecular weight is 296 g/mol. The zero-order valence-corrected chi connectivity index (χ0v) is 11.8. The van der Waals surface area contributed by atoms with Gasteiger partial charge in [-0.15, -0.1) is 4.83 Å². The molecule has 1 aliphatic rings. The minimum absolute atomic E-state index is 0.496. The van der Waals surface area contributed by atoms with E-state index in [9.17, 15) is 8.42 Å². The standard InChI is InChI=1S/C11H12N4O2S2/c1-19(16,17)13-14-8-18-11-12-7-10(15(11)14)9-5-3-2-4-6-9/h2-7,13H,8H2,1H3. The number of sulfonamides is 1. The molecule has 0 fully saturated rings. The number of imidazole rings is 1. The molecule has 6 nitrogen and oxygen atoms in total. The molecule has 0 radical (unpaired) electrons. The van der Waals surface area contributed by atoms with Crippen molar-refractivity contribution in [3.05, 3.63) is 36.5 Å². The molecule has 1 aliphatic heterocycles. The van der Waals surface area contributed by atoms with Crippen LogP contribution in [0, 0.1) is 0 Å². The first-order valence-corrected chi connectivity index (χ1v) is 8.43. The van der Waals surface area contributed by atoms with Crippen LogP contribution in [0.3, 0.4) is 0 Å². The summed E-state index contributed by atoms with van der Waals surface area (Å²) in [5.41, 5.74) is 1.85. The van der Waals surface area contributed by atoms with Crippen molar-refractivity contribution in [1.82, 2.24) is 14.5 Å². The minimum atomic E-state index is -3.31.